The first kappa shape index (κ1) is 16.4. The standard InChI is InChI=1S/C19H24N4O/c1-14-3-5-16(6-4-14)13-21-18(24)17-8-11-23(12-9-17)19-20-10-7-15(2)22-19/h3-7,10,17H,8-9,11-13H2,1-2H3,(H,21,24). The lowest BCUT2D eigenvalue weighted by Gasteiger charge is -2.31. The number of benzene rings is 1. The number of aryl methyl sites for hydroxylation is 2. The zero-order valence-corrected chi connectivity index (χ0v) is 14.3. The van der Waals surface area contributed by atoms with Crippen molar-refractivity contribution in [1.29, 1.82) is 0 Å². The number of nitrogens with zero attached hydrogens (tertiary/aromatic N) is 3. The van der Waals surface area contributed by atoms with E-state index in [4.69, 9.17) is 0 Å². The summed E-state index contributed by atoms with van der Waals surface area (Å²) in [7, 11) is 0. The SMILES string of the molecule is Cc1ccc(CNC(=O)C2CCN(c3nccc(C)n3)CC2)cc1. The summed E-state index contributed by atoms with van der Waals surface area (Å²) in [6, 6.07) is 10.2. The number of carbonyl (C=O) groups excluding carboxylic acids is 1. The third-order valence-electron chi connectivity index (χ3n) is 4.52. The van der Waals surface area contributed by atoms with Crippen LogP contribution in [0.1, 0.15) is 29.7 Å². The summed E-state index contributed by atoms with van der Waals surface area (Å²) in [6.45, 7) is 6.28. The number of piperidine rings is 1. The van der Waals surface area contributed by atoms with E-state index in [0.29, 0.717) is 6.54 Å². The molecule has 1 aromatic heterocycles. The Morgan fingerprint density at radius 1 is 1.17 bits per heavy atom. The van der Waals surface area contributed by atoms with Gasteiger partial charge < -0.3 is 10.2 Å². The van der Waals surface area contributed by atoms with E-state index in [2.05, 4.69) is 51.4 Å². The fraction of sp³-hybridized carbons (Fsp3) is 0.421. The van der Waals surface area contributed by atoms with E-state index >= 15 is 0 Å². The maximum Gasteiger partial charge on any atom is 0.225 e. The molecule has 1 amide bonds. The molecule has 126 valence electrons. The maximum atomic E-state index is 12.4. The molecule has 24 heavy (non-hydrogen) atoms. The summed E-state index contributed by atoms with van der Waals surface area (Å²) in [5.41, 5.74) is 3.34. The summed E-state index contributed by atoms with van der Waals surface area (Å²) in [5, 5.41) is 3.06. The normalized spacial score (nSPS) is 15.3. The van der Waals surface area contributed by atoms with Crippen LogP contribution in [0.25, 0.3) is 0 Å². The number of carbonyl (C=O) groups is 1. The van der Waals surface area contributed by atoms with Crippen LogP contribution in [-0.4, -0.2) is 29.0 Å². The second-order valence-corrected chi connectivity index (χ2v) is 6.46. The number of nitrogens with one attached hydrogen (secondary N) is 1. The highest BCUT2D eigenvalue weighted by molar-refractivity contribution is 5.78. The molecule has 1 fully saturated rings. The molecule has 1 aliphatic rings. The van der Waals surface area contributed by atoms with Crippen LogP contribution in [0.15, 0.2) is 36.5 Å². The lowest BCUT2D eigenvalue weighted by Crippen LogP contribution is -2.41. The lowest BCUT2D eigenvalue weighted by molar-refractivity contribution is -0.125. The molecule has 0 aliphatic carbocycles. The average Bonchev–Trinajstić information content (AvgIpc) is 2.61. The number of hydrogen-bond donors (Lipinski definition) is 1. The molecule has 1 aromatic carbocycles. The zero-order valence-electron chi connectivity index (χ0n) is 14.3. The van der Waals surface area contributed by atoms with Crippen molar-refractivity contribution in [3.63, 3.8) is 0 Å². The van der Waals surface area contributed by atoms with Crippen molar-refractivity contribution < 1.29 is 4.79 Å². The van der Waals surface area contributed by atoms with E-state index in [9.17, 15) is 4.79 Å². The number of aromatic nitrogens is 2. The van der Waals surface area contributed by atoms with Crippen molar-refractivity contribution in [3.05, 3.63) is 53.3 Å². The van der Waals surface area contributed by atoms with Crippen LogP contribution in [0.3, 0.4) is 0 Å². The molecule has 1 aliphatic heterocycles. The molecule has 0 spiro atoms. The smallest absolute Gasteiger partial charge is 0.225 e. The van der Waals surface area contributed by atoms with E-state index in [1.165, 1.54) is 5.56 Å². The monoisotopic (exact) mass is 324 g/mol. The number of hydrogen-bond acceptors (Lipinski definition) is 4. The van der Waals surface area contributed by atoms with Gasteiger partial charge in [-0.2, -0.15) is 0 Å². The Hall–Kier alpha value is -2.43. The van der Waals surface area contributed by atoms with Crippen molar-refractivity contribution in [2.75, 3.05) is 18.0 Å². The van der Waals surface area contributed by atoms with Gasteiger partial charge in [-0.3, -0.25) is 4.79 Å². The molecule has 5 heteroatoms. The van der Waals surface area contributed by atoms with E-state index in [1.54, 1.807) is 6.20 Å². The predicted octanol–water partition coefficient (Wildman–Crippen LogP) is 2.63. The summed E-state index contributed by atoms with van der Waals surface area (Å²) in [5.74, 6) is 1.01. The summed E-state index contributed by atoms with van der Waals surface area (Å²) >= 11 is 0. The Bertz CT molecular complexity index is 691. The largest absolute Gasteiger partial charge is 0.352 e. The van der Waals surface area contributed by atoms with Crippen LogP contribution >= 0.6 is 0 Å². The Morgan fingerprint density at radius 3 is 2.54 bits per heavy atom. The molecule has 1 saturated heterocycles. The average molecular weight is 324 g/mol. The number of anilines is 1. The maximum absolute atomic E-state index is 12.4. The van der Waals surface area contributed by atoms with Crippen molar-refractivity contribution in [2.24, 2.45) is 5.92 Å². The minimum absolute atomic E-state index is 0.0801. The van der Waals surface area contributed by atoms with Crippen LogP contribution in [0.4, 0.5) is 5.95 Å². The molecule has 0 unspecified atom stereocenters. The van der Waals surface area contributed by atoms with Gasteiger partial charge in [0.05, 0.1) is 0 Å². The van der Waals surface area contributed by atoms with Crippen molar-refractivity contribution in [3.8, 4) is 0 Å². The van der Waals surface area contributed by atoms with Gasteiger partial charge in [-0.15, -0.1) is 0 Å². The Balaban J connectivity index is 1.49. The molecule has 2 heterocycles. The van der Waals surface area contributed by atoms with Gasteiger partial charge >= 0.3 is 0 Å². The molecule has 1 N–H and O–H groups in total. The highest BCUT2D eigenvalue weighted by Gasteiger charge is 2.25. The number of rotatable bonds is 4. The van der Waals surface area contributed by atoms with E-state index < -0.39 is 0 Å². The molecule has 0 radical (unpaired) electrons. The molecule has 0 saturated carbocycles. The Kier molecular flexibility index (Phi) is 5.08. The van der Waals surface area contributed by atoms with Gasteiger partial charge in [0.15, 0.2) is 0 Å². The lowest BCUT2D eigenvalue weighted by atomic mass is 9.96. The molecular formula is C19H24N4O. The zero-order chi connectivity index (χ0) is 16.9. The first-order valence-corrected chi connectivity index (χ1v) is 8.49. The van der Waals surface area contributed by atoms with Crippen molar-refractivity contribution in [2.45, 2.75) is 33.2 Å². The van der Waals surface area contributed by atoms with Crippen LogP contribution in [0, 0.1) is 19.8 Å². The van der Waals surface area contributed by atoms with Crippen LogP contribution in [0.2, 0.25) is 0 Å². The first-order chi connectivity index (χ1) is 11.6. The van der Waals surface area contributed by atoms with E-state index in [1.807, 2.05) is 13.0 Å². The van der Waals surface area contributed by atoms with Crippen LogP contribution < -0.4 is 10.2 Å². The number of amides is 1. The molecule has 0 bridgehead atoms. The van der Waals surface area contributed by atoms with Gasteiger partial charge in [0.2, 0.25) is 11.9 Å². The minimum Gasteiger partial charge on any atom is -0.352 e. The summed E-state index contributed by atoms with van der Waals surface area (Å²) in [6.07, 6.45) is 3.48. The summed E-state index contributed by atoms with van der Waals surface area (Å²) < 4.78 is 0. The van der Waals surface area contributed by atoms with Gasteiger partial charge in [0.25, 0.3) is 0 Å². The summed E-state index contributed by atoms with van der Waals surface area (Å²) in [4.78, 5) is 23.3. The van der Waals surface area contributed by atoms with Gasteiger partial charge in [0, 0.05) is 37.4 Å². The molecule has 2 aromatic rings. The quantitative estimate of drug-likeness (QED) is 0.939. The van der Waals surface area contributed by atoms with Crippen LogP contribution in [-0.2, 0) is 11.3 Å². The fourth-order valence-electron chi connectivity index (χ4n) is 2.97. The minimum atomic E-state index is 0.0801. The van der Waals surface area contributed by atoms with E-state index in [-0.39, 0.29) is 11.8 Å². The van der Waals surface area contributed by atoms with Crippen LogP contribution in [0.5, 0.6) is 0 Å². The Labute approximate surface area is 143 Å². The second-order valence-electron chi connectivity index (χ2n) is 6.46. The van der Waals surface area contributed by atoms with Crippen molar-refractivity contribution >= 4 is 11.9 Å². The highest BCUT2D eigenvalue weighted by atomic mass is 16.1. The van der Waals surface area contributed by atoms with Crippen molar-refractivity contribution in [1.82, 2.24) is 15.3 Å². The molecular weight excluding hydrogens is 300 g/mol. The van der Waals surface area contributed by atoms with Gasteiger partial charge in [-0.1, -0.05) is 29.8 Å². The molecule has 5 nitrogen and oxygen atoms in total. The highest BCUT2D eigenvalue weighted by Crippen LogP contribution is 2.21. The van der Waals surface area contributed by atoms with Gasteiger partial charge in [-0.05, 0) is 38.3 Å². The van der Waals surface area contributed by atoms with E-state index in [0.717, 1.165) is 43.1 Å². The molecule has 3 rings (SSSR count). The topological polar surface area (TPSA) is 58.1 Å². The van der Waals surface area contributed by atoms with Gasteiger partial charge in [0.1, 0.15) is 0 Å². The second kappa shape index (κ2) is 7.43. The first-order valence-electron chi connectivity index (χ1n) is 8.49. The predicted molar refractivity (Wildman–Crippen MR) is 94.7 cm³/mol. The third-order valence-corrected chi connectivity index (χ3v) is 4.52. The molecule has 0 atom stereocenters. The fourth-order valence-corrected chi connectivity index (χ4v) is 2.97. The Morgan fingerprint density at radius 2 is 1.88 bits per heavy atom. The van der Waals surface area contributed by atoms with Gasteiger partial charge in [-0.25, -0.2) is 9.97 Å². The third kappa shape index (κ3) is 4.10.